The zero-order chi connectivity index (χ0) is 13.4. The summed E-state index contributed by atoms with van der Waals surface area (Å²) < 4.78 is 23.6. The third kappa shape index (κ3) is 2.05. The standard InChI is InChI=1S/C15H11FO3/c1-9-12-7-11(16)2-3-14(12)19-15(9)13(17)6-10-4-5-18-8-10/h2-5,7-8H,6H2,1H3. The van der Waals surface area contributed by atoms with Crippen LogP contribution in [0.4, 0.5) is 4.39 Å². The van der Waals surface area contributed by atoms with Crippen LogP contribution >= 0.6 is 0 Å². The molecule has 0 saturated carbocycles. The van der Waals surface area contributed by atoms with Gasteiger partial charge in [0.15, 0.2) is 5.76 Å². The Balaban J connectivity index is 2.00. The molecule has 4 heteroatoms. The van der Waals surface area contributed by atoms with Crippen molar-refractivity contribution in [2.45, 2.75) is 13.3 Å². The maximum atomic E-state index is 13.2. The molecule has 1 aromatic carbocycles. The molecule has 0 amide bonds. The van der Waals surface area contributed by atoms with Crippen LogP contribution in [0.1, 0.15) is 21.7 Å². The molecule has 0 aliphatic heterocycles. The van der Waals surface area contributed by atoms with Gasteiger partial charge in [-0.1, -0.05) is 0 Å². The Morgan fingerprint density at radius 1 is 1.32 bits per heavy atom. The van der Waals surface area contributed by atoms with Gasteiger partial charge in [0.2, 0.25) is 5.78 Å². The van der Waals surface area contributed by atoms with Crippen LogP contribution in [0.25, 0.3) is 11.0 Å². The molecule has 3 nitrogen and oxygen atoms in total. The molecule has 0 atom stereocenters. The lowest BCUT2D eigenvalue weighted by Crippen LogP contribution is -2.02. The molecule has 0 saturated heterocycles. The summed E-state index contributed by atoms with van der Waals surface area (Å²) in [5.74, 6) is -0.206. The van der Waals surface area contributed by atoms with E-state index in [1.165, 1.54) is 30.7 Å². The second-order valence-electron chi connectivity index (χ2n) is 4.43. The largest absolute Gasteiger partial charge is 0.472 e. The van der Waals surface area contributed by atoms with Crippen LogP contribution in [0.3, 0.4) is 0 Å². The molecule has 19 heavy (non-hydrogen) atoms. The van der Waals surface area contributed by atoms with Gasteiger partial charge in [-0.25, -0.2) is 4.39 Å². The van der Waals surface area contributed by atoms with E-state index in [-0.39, 0.29) is 23.8 Å². The van der Waals surface area contributed by atoms with Crippen LogP contribution in [-0.4, -0.2) is 5.78 Å². The lowest BCUT2D eigenvalue weighted by atomic mass is 10.1. The van der Waals surface area contributed by atoms with Crippen molar-refractivity contribution in [3.63, 3.8) is 0 Å². The highest BCUT2D eigenvalue weighted by Gasteiger charge is 2.18. The van der Waals surface area contributed by atoms with Crippen molar-refractivity contribution < 1.29 is 18.0 Å². The molecular formula is C15H11FO3. The van der Waals surface area contributed by atoms with Gasteiger partial charge in [0, 0.05) is 17.4 Å². The van der Waals surface area contributed by atoms with Gasteiger partial charge in [-0.05, 0) is 36.8 Å². The van der Waals surface area contributed by atoms with Gasteiger partial charge in [-0.2, -0.15) is 0 Å². The second kappa shape index (κ2) is 4.39. The number of rotatable bonds is 3. The van der Waals surface area contributed by atoms with Crippen molar-refractivity contribution in [1.29, 1.82) is 0 Å². The molecule has 0 aliphatic rings. The topological polar surface area (TPSA) is 43.4 Å². The predicted octanol–water partition coefficient (Wildman–Crippen LogP) is 3.90. The Morgan fingerprint density at radius 3 is 2.89 bits per heavy atom. The SMILES string of the molecule is Cc1c(C(=O)Cc2ccoc2)oc2ccc(F)cc12. The quantitative estimate of drug-likeness (QED) is 0.669. The molecule has 0 unspecified atom stereocenters. The van der Waals surface area contributed by atoms with E-state index in [0.29, 0.717) is 16.5 Å². The number of Topliss-reactive ketones (excluding diaryl/α,β-unsaturated/α-hetero) is 1. The first-order valence-electron chi connectivity index (χ1n) is 5.88. The second-order valence-corrected chi connectivity index (χ2v) is 4.43. The van der Waals surface area contributed by atoms with E-state index in [1.54, 1.807) is 13.0 Å². The number of hydrogen-bond donors (Lipinski definition) is 0. The summed E-state index contributed by atoms with van der Waals surface area (Å²) in [6.45, 7) is 1.76. The Labute approximate surface area is 108 Å². The minimum atomic E-state index is -0.342. The molecule has 0 bridgehead atoms. The van der Waals surface area contributed by atoms with Gasteiger partial charge in [-0.3, -0.25) is 4.79 Å². The summed E-state index contributed by atoms with van der Waals surface area (Å²) in [4.78, 5) is 12.2. The van der Waals surface area contributed by atoms with Crippen molar-refractivity contribution in [1.82, 2.24) is 0 Å². The average Bonchev–Trinajstić information content (AvgIpc) is 2.98. The predicted molar refractivity (Wildman–Crippen MR) is 67.7 cm³/mol. The third-order valence-electron chi connectivity index (χ3n) is 3.10. The third-order valence-corrected chi connectivity index (χ3v) is 3.10. The monoisotopic (exact) mass is 258 g/mol. The van der Waals surface area contributed by atoms with Gasteiger partial charge in [0.05, 0.1) is 12.5 Å². The van der Waals surface area contributed by atoms with E-state index < -0.39 is 0 Å². The molecule has 0 N–H and O–H groups in total. The highest BCUT2D eigenvalue weighted by Crippen LogP contribution is 2.27. The maximum absolute atomic E-state index is 13.2. The first-order valence-corrected chi connectivity index (χ1v) is 5.88. The summed E-state index contributed by atoms with van der Waals surface area (Å²) >= 11 is 0. The highest BCUT2D eigenvalue weighted by molar-refractivity contribution is 6.01. The molecule has 2 aromatic heterocycles. The van der Waals surface area contributed by atoms with E-state index in [4.69, 9.17) is 8.83 Å². The number of halogens is 1. The minimum Gasteiger partial charge on any atom is -0.472 e. The first kappa shape index (κ1) is 11.7. The molecule has 0 aliphatic carbocycles. The normalized spacial score (nSPS) is 11.1. The number of furan rings is 2. The lowest BCUT2D eigenvalue weighted by molar-refractivity contribution is 0.0967. The summed E-state index contributed by atoms with van der Waals surface area (Å²) in [5.41, 5.74) is 1.98. The summed E-state index contributed by atoms with van der Waals surface area (Å²) in [6.07, 6.45) is 3.25. The number of hydrogen-bond acceptors (Lipinski definition) is 3. The van der Waals surface area contributed by atoms with Gasteiger partial charge in [0.1, 0.15) is 11.4 Å². The fraction of sp³-hybridized carbons (Fsp3) is 0.133. The van der Waals surface area contributed by atoms with E-state index >= 15 is 0 Å². The smallest absolute Gasteiger partial charge is 0.202 e. The number of carbonyl (C=O) groups excluding carboxylic acids is 1. The number of fused-ring (bicyclic) bond motifs is 1. The lowest BCUT2D eigenvalue weighted by Gasteiger charge is -1.95. The van der Waals surface area contributed by atoms with E-state index in [0.717, 1.165) is 5.56 Å². The van der Waals surface area contributed by atoms with Crippen LogP contribution in [-0.2, 0) is 6.42 Å². The van der Waals surface area contributed by atoms with E-state index in [2.05, 4.69) is 0 Å². The Bertz CT molecular complexity index is 738. The number of carbonyl (C=O) groups is 1. The summed E-state index contributed by atoms with van der Waals surface area (Å²) in [6, 6.07) is 5.96. The zero-order valence-electron chi connectivity index (χ0n) is 10.3. The van der Waals surface area contributed by atoms with Gasteiger partial charge in [-0.15, -0.1) is 0 Å². The molecule has 0 fully saturated rings. The number of ketones is 1. The molecular weight excluding hydrogens is 247 g/mol. The van der Waals surface area contributed by atoms with Gasteiger partial charge < -0.3 is 8.83 Å². The molecule has 0 radical (unpaired) electrons. The van der Waals surface area contributed by atoms with Crippen LogP contribution in [0, 0.1) is 12.7 Å². The number of aryl methyl sites for hydroxylation is 1. The van der Waals surface area contributed by atoms with Crippen LogP contribution < -0.4 is 0 Å². The van der Waals surface area contributed by atoms with Crippen molar-refractivity contribution in [3.05, 3.63) is 59.5 Å². The number of benzene rings is 1. The van der Waals surface area contributed by atoms with Crippen LogP contribution in [0.15, 0.2) is 45.6 Å². The fourth-order valence-electron chi connectivity index (χ4n) is 2.12. The summed E-state index contributed by atoms with van der Waals surface area (Å²) in [5, 5.41) is 0.635. The minimum absolute atomic E-state index is 0.143. The zero-order valence-corrected chi connectivity index (χ0v) is 10.3. The Kier molecular flexibility index (Phi) is 2.71. The van der Waals surface area contributed by atoms with Gasteiger partial charge in [0.25, 0.3) is 0 Å². The molecule has 3 aromatic rings. The first-order chi connectivity index (χ1) is 9.15. The van der Waals surface area contributed by atoms with Gasteiger partial charge >= 0.3 is 0 Å². The van der Waals surface area contributed by atoms with Crippen molar-refractivity contribution in [2.24, 2.45) is 0 Å². The van der Waals surface area contributed by atoms with Crippen LogP contribution in [0.5, 0.6) is 0 Å². The van der Waals surface area contributed by atoms with E-state index in [9.17, 15) is 9.18 Å². The maximum Gasteiger partial charge on any atom is 0.202 e. The van der Waals surface area contributed by atoms with Crippen molar-refractivity contribution in [2.75, 3.05) is 0 Å². The molecule has 96 valence electrons. The molecule has 2 heterocycles. The summed E-state index contributed by atoms with van der Waals surface area (Å²) in [7, 11) is 0. The highest BCUT2D eigenvalue weighted by atomic mass is 19.1. The van der Waals surface area contributed by atoms with Crippen molar-refractivity contribution in [3.8, 4) is 0 Å². The fourth-order valence-corrected chi connectivity index (χ4v) is 2.12. The molecule has 0 spiro atoms. The van der Waals surface area contributed by atoms with Crippen LogP contribution in [0.2, 0.25) is 0 Å². The van der Waals surface area contributed by atoms with Crippen molar-refractivity contribution >= 4 is 16.8 Å². The Hall–Kier alpha value is -2.36. The molecule has 3 rings (SSSR count). The van der Waals surface area contributed by atoms with E-state index in [1.807, 2.05) is 0 Å². The Morgan fingerprint density at radius 2 is 2.16 bits per heavy atom. The average molecular weight is 258 g/mol.